The molecule has 1 aromatic heterocycles. The zero-order valence-electron chi connectivity index (χ0n) is 18.3. The molecule has 1 fully saturated rings. The van der Waals surface area contributed by atoms with Gasteiger partial charge < -0.3 is 4.74 Å². The Hall–Kier alpha value is -3.21. The van der Waals surface area contributed by atoms with Crippen LogP contribution in [0.3, 0.4) is 0 Å². The molecular formula is C28H29N3O. The SMILES string of the molecule is c1ccc(C(c2ccccc2)N2CCN(CCOc3cccc4ncccc34)CC2)cc1. The van der Waals surface area contributed by atoms with Gasteiger partial charge in [-0.15, -0.1) is 0 Å². The van der Waals surface area contributed by atoms with Crippen molar-refractivity contribution in [1.82, 2.24) is 14.8 Å². The fourth-order valence-electron chi connectivity index (χ4n) is 4.62. The Morgan fingerprint density at radius 3 is 2.09 bits per heavy atom. The summed E-state index contributed by atoms with van der Waals surface area (Å²) in [6.07, 6.45) is 1.82. The molecule has 162 valence electrons. The zero-order chi connectivity index (χ0) is 21.6. The van der Waals surface area contributed by atoms with Crippen molar-refractivity contribution in [2.75, 3.05) is 39.3 Å². The van der Waals surface area contributed by atoms with E-state index in [1.165, 1.54) is 11.1 Å². The normalized spacial score (nSPS) is 15.3. The lowest BCUT2D eigenvalue weighted by atomic mass is 9.96. The van der Waals surface area contributed by atoms with E-state index in [0.29, 0.717) is 12.6 Å². The molecule has 0 amide bonds. The second-order valence-electron chi connectivity index (χ2n) is 8.28. The molecule has 4 heteroatoms. The molecule has 0 aliphatic carbocycles. The molecule has 0 N–H and O–H groups in total. The van der Waals surface area contributed by atoms with Crippen molar-refractivity contribution in [2.45, 2.75) is 6.04 Å². The highest BCUT2D eigenvalue weighted by Crippen LogP contribution is 2.29. The number of benzene rings is 3. The molecule has 0 bridgehead atoms. The summed E-state index contributed by atoms with van der Waals surface area (Å²) >= 11 is 0. The Morgan fingerprint density at radius 1 is 0.719 bits per heavy atom. The van der Waals surface area contributed by atoms with Gasteiger partial charge in [0.1, 0.15) is 12.4 Å². The third-order valence-electron chi connectivity index (χ3n) is 6.27. The number of fused-ring (bicyclic) bond motifs is 1. The summed E-state index contributed by atoms with van der Waals surface area (Å²) < 4.78 is 6.14. The van der Waals surface area contributed by atoms with Gasteiger partial charge in [-0.25, -0.2) is 0 Å². The summed E-state index contributed by atoms with van der Waals surface area (Å²) in [5, 5.41) is 1.08. The van der Waals surface area contributed by atoms with E-state index in [1.807, 2.05) is 30.5 Å². The average molecular weight is 424 g/mol. The molecule has 2 heterocycles. The first-order valence-electron chi connectivity index (χ1n) is 11.4. The summed E-state index contributed by atoms with van der Waals surface area (Å²) in [5.41, 5.74) is 3.70. The Balaban J connectivity index is 1.20. The average Bonchev–Trinajstić information content (AvgIpc) is 2.87. The van der Waals surface area contributed by atoms with Gasteiger partial charge in [-0.2, -0.15) is 0 Å². The second kappa shape index (κ2) is 9.94. The van der Waals surface area contributed by atoms with Crippen molar-refractivity contribution in [3.63, 3.8) is 0 Å². The van der Waals surface area contributed by atoms with Crippen LogP contribution in [0.5, 0.6) is 5.75 Å². The number of ether oxygens (including phenoxy) is 1. The van der Waals surface area contributed by atoms with Crippen LogP contribution >= 0.6 is 0 Å². The van der Waals surface area contributed by atoms with Gasteiger partial charge in [0.15, 0.2) is 0 Å². The van der Waals surface area contributed by atoms with Crippen LogP contribution in [0.15, 0.2) is 97.2 Å². The molecule has 0 saturated carbocycles. The van der Waals surface area contributed by atoms with Gasteiger partial charge in [0.05, 0.1) is 11.6 Å². The molecule has 5 rings (SSSR count). The molecule has 4 nitrogen and oxygen atoms in total. The van der Waals surface area contributed by atoms with Gasteiger partial charge >= 0.3 is 0 Å². The van der Waals surface area contributed by atoms with Crippen molar-refractivity contribution in [2.24, 2.45) is 0 Å². The third kappa shape index (κ3) is 4.67. The minimum absolute atomic E-state index is 0.305. The molecule has 1 aliphatic heterocycles. The monoisotopic (exact) mass is 423 g/mol. The van der Waals surface area contributed by atoms with Gasteiger partial charge in [-0.3, -0.25) is 14.8 Å². The number of aromatic nitrogens is 1. The van der Waals surface area contributed by atoms with Gasteiger partial charge in [-0.1, -0.05) is 66.7 Å². The largest absolute Gasteiger partial charge is 0.492 e. The van der Waals surface area contributed by atoms with Gasteiger partial charge in [0.2, 0.25) is 0 Å². The van der Waals surface area contributed by atoms with E-state index in [-0.39, 0.29) is 0 Å². The van der Waals surface area contributed by atoms with Crippen molar-refractivity contribution < 1.29 is 4.74 Å². The fourth-order valence-corrected chi connectivity index (χ4v) is 4.62. The minimum Gasteiger partial charge on any atom is -0.492 e. The zero-order valence-corrected chi connectivity index (χ0v) is 18.3. The lowest BCUT2D eigenvalue weighted by molar-refractivity contribution is 0.0979. The Bertz CT molecular complexity index is 1080. The summed E-state index contributed by atoms with van der Waals surface area (Å²) in [4.78, 5) is 9.53. The van der Waals surface area contributed by atoms with E-state index in [9.17, 15) is 0 Å². The van der Waals surface area contributed by atoms with Crippen LogP contribution in [0.25, 0.3) is 10.9 Å². The van der Waals surface area contributed by atoms with E-state index in [0.717, 1.165) is 49.4 Å². The summed E-state index contributed by atoms with van der Waals surface area (Å²) in [5.74, 6) is 0.919. The van der Waals surface area contributed by atoms with Crippen LogP contribution < -0.4 is 4.74 Å². The van der Waals surface area contributed by atoms with Crippen molar-refractivity contribution in [1.29, 1.82) is 0 Å². The first-order chi connectivity index (χ1) is 15.9. The number of rotatable bonds is 7. The van der Waals surface area contributed by atoms with E-state index in [1.54, 1.807) is 0 Å². The number of piperazine rings is 1. The number of hydrogen-bond acceptors (Lipinski definition) is 4. The lowest BCUT2D eigenvalue weighted by Crippen LogP contribution is -2.48. The van der Waals surface area contributed by atoms with Gasteiger partial charge in [0.25, 0.3) is 0 Å². The minimum atomic E-state index is 0.305. The van der Waals surface area contributed by atoms with Crippen LogP contribution in [-0.4, -0.2) is 54.1 Å². The first-order valence-corrected chi connectivity index (χ1v) is 11.4. The summed E-state index contributed by atoms with van der Waals surface area (Å²) in [6.45, 7) is 5.83. The number of pyridine rings is 1. The molecule has 0 radical (unpaired) electrons. The van der Waals surface area contributed by atoms with Gasteiger partial charge in [0, 0.05) is 44.3 Å². The topological polar surface area (TPSA) is 28.6 Å². The predicted octanol–water partition coefficient (Wildman–Crippen LogP) is 5.02. The van der Waals surface area contributed by atoms with E-state index >= 15 is 0 Å². The molecule has 4 aromatic rings. The van der Waals surface area contributed by atoms with E-state index < -0.39 is 0 Å². The Kier molecular flexibility index (Phi) is 6.42. The maximum Gasteiger partial charge on any atom is 0.128 e. The first kappa shape index (κ1) is 20.7. The Morgan fingerprint density at radius 2 is 1.41 bits per heavy atom. The van der Waals surface area contributed by atoms with E-state index in [2.05, 4.69) is 81.5 Å². The number of hydrogen-bond donors (Lipinski definition) is 0. The van der Waals surface area contributed by atoms with Crippen LogP contribution in [0.2, 0.25) is 0 Å². The third-order valence-corrected chi connectivity index (χ3v) is 6.27. The van der Waals surface area contributed by atoms with E-state index in [4.69, 9.17) is 4.74 Å². The highest BCUT2D eigenvalue weighted by atomic mass is 16.5. The molecular weight excluding hydrogens is 394 g/mol. The molecule has 32 heavy (non-hydrogen) atoms. The number of nitrogens with zero attached hydrogens (tertiary/aromatic N) is 3. The molecule has 0 atom stereocenters. The van der Waals surface area contributed by atoms with Crippen molar-refractivity contribution in [3.8, 4) is 5.75 Å². The summed E-state index contributed by atoms with van der Waals surface area (Å²) in [7, 11) is 0. The maximum atomic E-state index is 6.14. The predicted molar refractivity (Wildman–Crippen MR) is 130 cm³/mol. The molecule has 3 aromatic carbocycles. The highest BCUT2D eigenvalue weighted by molar-refractivity contribution is 5.84. The maximum absolute atomic E-state index is 6.14. The second-order valence-corrected chi connectivity index (χ2v) is 8.28. The van der Waals surface area contributed by atoms with Crippen molar-refractivity contribution in [3.05, 3.63) is 108 Å². The quantitative estimate of drug-likeness (QED) is 0.417. The van der Waals surface area contributed by atoms with Crippen LogP contribution in [0.1, 0.15) is 17.2 Å². The molecule has 1 saturated heterocycles. The molecule has 1 aliphatic rings. The summed E-state index contributed by atoms with van der Waals surface area (Å²) in [6, 6.07) is 32.1. The standard InChI is InChI=1S/C28H29N3O/c1-3-9-23(10-4-1)28(24-11-5-2-6-12-24)31-19-17-30(18-20-31)21-22-32-27-15-7-14-26-25(27)13-8-16-29-26/h1-16,28H,17-22H2. The fraction of sp³-hybridized carbons (Fsp3) is 0.250. The molecule has 0 spiro atoms. The Labute approximate surface area is 190 Å². The van der Waals surface area contributed by atoms with Crippen LogP contribution in [0, 0.1) is 0 Å². The van der Waals surface area contributed by atoms with Gasteiger partial charge in [-0.05, 0) is 35.4 Å². The smallest absolute Gasteiger partial charge is 0.128 e. The molecule has 0 unspecified atom stereocenters. The lowest BCUT2D eigenvalue weighted by Gasteiger charge is -2.39. The van der Waals surface area contributed by atoms with Crippen LogP contribution in [-0.2, 0) is 0 Å². The van der Waals surface area contributed by atoms with Crippen molar-refractivity contribution >= 4 is 10.9 Å². The van der Waals surface area contributed by atoms with Crippen LogP contribution in [0.4, 0.5) is 0 Å². The highest BCUT2D eigenvalue weighted by Gasteiger charge is 2.26.